The molecule has 5 nitrogen and oxygen atoms in total. The maximum Gasteiger partial charge on any atom is 0.340 e. The molecular weight excluding hydrogens is 256 g/mol. The fourth-order valence-electron chi connectivity index (χ4n) is 1.25. The van der Waals surface area contributed by atoms with Gasteiger partial charge in [0, 0.05) is 24.8 Å². The Hall–Kier alpha value is -1.75. The van der Waals surface area contributed by atoms with Gasteiger partial charge in [-0.3, -0.25) is 4.79 Å². The number of hydrogen-bond donors (Lipinski definition) is 1. The number of rotatable bonds is 4. The van der Waals surface area contributed by atoms with Crippen LogP contribution in [-0.2, 0) is 9.53 Å². The van der Waals surface area contributed by atoms with Crippen LogP contribution < -0.4 is 5.73 Å². The Bertz CT molecular complexity index is 461. The van der Waals surface area contributed by atoms with Gasteiger partial charge >= 0.3 is 5.97 Å². The first-order valence-electron chi connectivity index (χ1n) is 5.34. The average Bonchev–Trinajstić information content (AvgIpc) is 2.28. The number of nitrogen functional groups attached to an aromatic ring is 1. The summed E-state index contributed by atoms with van der Waals surface area (Å²) in [5.41, 5.74) is 6.14. The van der Waals surface area contributed by atoms with E-state index in [1.54, 1.807) is 20.2 Å². The number of anilines is 1. The van der Waals surface area contributed by atoms with Gasteiger partial charge < -0.3 is 15.4 Å². The SMILES string of the molecule is CN(C)C(=O)CCOC(=O)c1ccc(Cl)cc1N. The monoisotopic (exact) mass is 270 g/mol. The Morgan fingerprint density at radius 1 is 1.39 bits per heavy atom. The first-order chi connectivity index (χ1) is 8.41. The summed E-state index contributed by atoms with van der Waals surface area (Å²) in [6.07, 6.45) is 0.145. The topological polar surface area (TPSA) is 72.6 Å². The number of amides is 1. The Morgan fingerprint density at radius 2 is 2.06 bits per heavy atom. The van der Waals surface area contributed by atoms with E-state index in [0.717, 1.165) is 0 Å². The summed E-state index contributed by atoms with van der Waals surface area (Å²) in [7, 11) is 3.28. The smallest absolute Gasteiger partial charge is 0.340 e. The minimum absolute atomic E-state index is 0.0257. The number of hydrogen-bond acceptors (Lipinski definition) is 4. The molecular formula is C12H15ClN2O3. The van der Waals surface area contributed by atoms with Crippen molar-refractivity contribution in [2.24, 2.45) is 0 Å². The molecule has 6 heteroatoms. The van der Waals surface area contributed by atoms with Crippen LogP contribution in [0.5, 0.6) is 0 Å². The van der Waals surface area contributed by atoms with Gasteiger partial charge in [0.15, 0.2) is 0 Å². The maximum atomic E-state index is 11.7. The normalized spacial score (nSPS) is 9.94. The van der Waals surface area contributed by atoms with Crippen molar-refractivity contribution in [3.63, 3.8) is 0 Å². The van der Waals surface area contributed by atoms with E-state index < -0.39 is 5.97 Å². The third-order valence-corrected chi connectivity index (χ3v) is 2.52. The van der Waals surface area contributed by atoms with Gasteiger partial charge in [0.2, 0.25) is 5.91 Å². The third-order valence-electron chi connectivity index (χ3n) is 2.28. The standard InChI is InChI=1S/C12H15ClN2O3/c1-15(2)11(16)5-6-18-12(17)9-4-3-8(13)7-10(9)14/h3-4,7H,5-6,14H2,1-2H3. The van der Waals surface area contributed by atoms with Crippen molar-refractivity contribution in [2.45, 2.75) is 6.42 Å². The molecule has 0 spiro atoms. The Morgan fingerprint density at radius 3 is 2.61 bits per heavy atom. The lowest BCUT2D eigenvalue weighted by atomic mass is 10.2. The molecule has 0 bridgehead atoms. The van der Waals surface area contributed by atoms with E-state index in [9.17, 15) is 9.59 Å². The van der Waals surface area contributed by atoms with E-state index in [-0.39, 0.29) is 30.2 Å². The Labute approximate surface area is 110 Å². The molecule has 18 heavy (non-hydrogen) atoms. The average molecular weight is 271 g/mol. The van der Waals surface area contributed by atoms with E-state index in [4.69, 9.17) is 22.1 Å². The maximum absolute atomic E-state index is 11.7. The second kappa shape index (κ2) is 6.26. The van der Waals surface area contributed by atoms with Crippen LogP contribution in [0.25, 0.3) is 0 Å². The third kappa shape index (κ3) is 3.92. The summed E-state index contributed by atoms with van der Waals surface area (Å²) in [4.78, 5) is 24.4. The lowest BCUT2D eigenvalue weighted by molar-refractivity contribution is -0.129. The molecule has 1 rings (SSSR count). The van der Waals surface area contributed by atoms with Crippen LogP contribution in [0.3, 0.4) is 0 Å². The van der Waals surface area contributed by atoms with Gasteiger partial charge in [-0.05, 0) is 18.2 Å². The molecule has 0 saturated heterocycles. The first kappa shape index (κ1) is 14.3. The van der Waals surface area contributed by atoms with Gasteiger partial charge in [0.1, 0.15) is 6.61 Å². The zero-order chi connectivity index (χ0) is 13.7. The van der Waals surface area contributed by atoms with Gasteiger partial charge in [0.25, 0.3) is 0 Å². The summed E-state index contributed by atoms with van der Waals surface area (Å²) in [5, 5.41) is 0.451. The van der Waals surface area contributed by atoms with Crippen LogP contribution in [0.15, 0.2) is 18.2 Å². The van der Waals surface area contributed by atoms with Crippen molar-refractivity contribution in [3.05, 3.63) is 28.8 Å². The highest BCUT2D eigenvalue weighted by molar-refractivity contribution is 6.31. The highest BCUT2D eigenvalue weighted by Crippen LogP contribution is 2.18. The summed E-state index contributed by atoms with van der Waals surface area (Å²) < 4.78 is 4.96. The molecule has 1 amide bonds. The highest BCUT2D eigenvalue weighted by atomic mass is 35.5. The molecule has 0 saturated carbocycles. The second-order valence-electron chi connectivity index (χ2n) is 3.91. The van der Waals surface area contributed by atoms with Crippen LogP contribution in [0.2, 0.25) is 5.02 Å². The predicted octanol–water partition coefficient (Wildman–Crippen LogP) is 1.56. The first-order valence-corrected chi connectivity index (χ1v) is 5.72. The molecule has 0 heterocycles. The van der Waals surface area contributed by atoms with Crippen LogP contribution in [0.1, 0.15) is 16.8 Å². The summed E-state index contributed by atoms with van der Waals surface area (Å²) in [5.74, 6) is -0.664. The minimum Gasteiger partial charge on any atom is -0.461 e. The molecule has 0 aliphatic heterocycles. The molecule has 1 aromatic carbocycles. The lowest BCUT2D eigenvalue weighted by Gasteiger charge is -2.10. The molecule has 0 radical (unpaired) electrons. The van der Waals surface area contributed by atoms with E-state index in [2.05, 4.69) is 0 Å². The predicted molar refractivity (Wildman–Crippen MR) is 69.5 cm³/mol. The molecule has 2 N–H and O–H groups in total. The summed E-state index contributed by atoms with van der Waals surface area (Å²) in [6, 6.07) is 4.52. The van der Waals surface area contributed by atoms with Gasteiger partial charge in [-0.15, -0.1) is 0 Å². The fourth-order valence-corrected chi connectivity index (χ4v) is 1.43. The van der Waals surface area contributed by atoms with Crippen LogP contribution in [0.4, 0.5) is 5.69 Å². The van der Waals surface area contributed by atoms with Crippen molar-refractivity contribution in [1.29, 1.82) is 0 Å². The number of esters is 1. The number of benzene rings is 1. The molecule has 0 unspecified atom stereocenters. The molecule has 0 aliphatic rings. The number of nitrogens with two attached hydrogens (primary N) is 1. The second-order valence-corrected chi connectivity index (χ2v) is 4.34. The Kier molecular flexibility index (Phi) is 4.97. The molecule has 1 aromatic rings. The van der Waals surface area contributed by atoms with Crippen molar-refractivity contribution in [3.8, 4) is 0 Å². The molecule has 0 aliphatic carbocycles. The van der Waals surface area contributed by atoms with Gasteiger partial charge in [-0.1, -0.05) is 11.6 Å². The number of carbonyl (C=O) groups is 2. The molecule has 0 atom stereocenters. The number of ether oxygens (including phenoxy) is 1. The van der Waals surface area contributed by atoms with E-state index in [1.807, 2.05) is 0 Å². The fraction of sp³-hybridized carbons (Fsp3) is 0.333. The van der Waals surface area contributed by atoms with Crippen molar-refractivity contribution in [1.82, 2.24) is 4.90 Å². The van der Waals surface area contributed by atoms with Gasteiger partial charge in [0.05, 0.1) is 12.0 Å². The van der Waals surface area contributed by atoms with E-state index in [0.29, 0.717) is 5.02 Å². The molecule has 0 fully saturated rings. The van der Waals surface area contributed by atoms with Crippen LogP contribution >= 0.6 is 11.6 Å². The molecule has 98 valence electrons. The Balaban J connectivity index is 2.53. The lowest BCUT2D eigenvalue weighted by Crippen LogP contribution is -2.23. The number of halogens is 1. The quantitative estimate of drug-likeness (QED) is 0.666. The zero-order valence-corrected chi connectivity index (χ0v) is 11.0. The van der Waals surface area contributed by atoms with Crippen molar-refractivity contribution < 1.29 is 14.3 Å². The van der Waals surface area contributed by atoms with Crippen LogP contribution in [0, 0.1) is 0 Å². The van der Waals surface area contributed by atoms with Crippen molar-refractivity contribution in [2.75, 3.05) is 26.4 Å². The van der Waals surface area contributed by atoms with E-state index >= 15 is 0 Å². The van der Waals surface area contributed by atoms with Gasteiger partial charge in [-0.25, -0.2) is 4.79 Å². The minimum atomic E-state index is -0.560. The summed E-state index contributed by atoms with van der Waals surface area (Å²) in [6.45, 7) is 0.0257. The zero-order valence-electron chi connectivity index (χ0n) is 10.3. The van der Waals surface area contributed by atoms with Gasteiger partial charge in [-0.2, -0.15) is 0 Å². The number of carbonyl (C=O) groups excluding carboxylic acids is 2. The van der Waals surface area contributed by atoms with Crippen molar-refractivity contribution >= 4 is 29.2 Å². The van der Waals surface area contributed by atoms with E-state index in [1.165, 1.54) is 17.0 Å². The number of nitrogens with zero attached hydrogens (tertiary/aromatic N) is 1. The molecule has 0 aromatic heterocycles. The largest absolute Gasteiger partial charge is 0.461 e. The summed E-state index contributed by atoms with van der Waals surface area (Å²) >= 11 is 5.72. The highest BCUT2D eigenvalue weighted by Gasteiger charge is 2.12. The van der Waals surface area contributed by atoms with Crippen LogP contribution in [-0.4, -0.2) is 37.5 Å².